The first-order chi connectivity index (χ1) is 9.52. The molecule has 2 rings (SSSR count). The predicted octanol–water partition coefficient (Wildman–Crippen LogP) is 4.08. The van der Waals surface area contributed by atoms with E-state index in [1.54, 1.807) is 24.3 Å². The minimum absolute atomic E-state index is 0.188. The number of carbonyl (C=O) groups excluding carboxylic acids is 1. The van der Waals surface area contributed by atoms with Crippen molar-refractivity contribution in [3.63, 3.8) is 0 Å². The maximum absolute atomic E-state index is 12.2. The van der Waals surface area contributed by atoms with Gasteiger partial charge in [-0.3, -0.25) is 4.79 Å². The summed E-state index contributed by atoms with van der Waals surface area (Å²) in [6.07, 6.45) is 0. The number of anilines is 1. The number of halogens is 1. The number of amides is 1. The van der Waals surface area contributed by atoms with Crippen molar-refractivity contribution in [2.24, 2.45) is 0 Å². The van der Waals surface area contributed by atoms with E-state index in [0.29, 0.717) is 21.8 Å². The molecule has 2 aromatic rings. The van der Waals surface area contributed by atoms with Gasteiger partial charge in [0.2, 0.25) is 0 Å². The van der Waals surface area contributed by atoms with E-state index in [-0.39, 0.29) is 5.91 Å². The average Bonchev–Trinajstić information content (AvgIpc) is 2.42. The Hall–Kier alpha value is -2.31. The van der Waals surface area contributed by atoms with E-state index in [1.807, 2.05) is 32.0 Å². The summed E-state index contributed by atoms with van der Waals surface area (Å²) < 4.78 is 0. The van der Waals surface area contributed by atoms with Crippen molar-refractivity contribution in [1.29, 1.82) is 5.26 Å². The van der Waals surface area contributed by atoms with E-state index < -0.39 is 0 Å². The van der Waals surface area contributed by atoms with E-state index in [4.69, 9.17) is 16.9 Å². The van der Waals surface area contributed by atoms with Gasteiger partial charge >= 0.3 is 0 Å². The number of hydrogen-bond acceptors (Lipinski definition) is 2. The molecule has 0 saturated carbocycles. The van der Waals surface area contributed by atoms with Crippen molar-refractivity contribution < 1.29 is 4.79 Å². The van der Waals surface area contributed by atoms with Gasteiger partial charge in [0.05, 0.1) is 10.6 Å². The highest BCUT2D eigenvalue weighted by Crippen LogP contribution is 2.21. The van der Waals surface area contributed by atoms with Crippen LogP contribution in [0.5, 0.6) is 0 Å². The molecule has 0 spiro atoms. The number of nitriles is 1. The van der Waals surface area contributed by atoms with Crippen LogP contribution in [-0.2, 0) is 0 Å². The molecule has 2 aromatic carbocycles. The fourth-order valence-corrected chi connectivity index (χ4v) is 2.10. The van der Waals surface area contributed by atoms with E-state index >= 15 is 0 Å². The second-order valence-corrected chi connectivity index (χ2v) is 4.92. The topological polar surface area (TPSA) is 52.9 Å². The lowest BCUT2D eigenvalue weighted by Crippen LogP contribution is -2.13. The number of rotatable bonds is 2. The third kappa shape index (κ3) is 2.81. The van der Waals surface area contributed by atoms with Crippen LogP contribution in [0.2, 0.25) is 5.02 Å². The van der Waals surface area contributed by atoms with Crippen LogP contribution < -0.4 is 5.32 Å². The van der Waals surface area contributed by atoms with E-state index in [1.165, 1.54) is 0 Å². The standard InChI is InChI=1S/C16H13ClN2O/c1-10-4-3-5-14(11(10)2)16(20)19-13-7-6-12(9-18)15(17)8-13/h3-8H,1-2H3,(H,19,20). The molecule has 0 aliphatic carbocycles. The zero-order chi connectivity index (χ0) is 14.7. The number of nitrogens with zero attached hydrogens (tertiary/aromatic N) is 1. The van der Waals surface area contributed by atoms with E-state index in [2.05, 4.69) is 5.32 Å². The Morgan fingerprint density at radius 3 is 2.65 bits per heavy atom. The molecule has 0 aliphatic rings. The number of aryl methyl sites for hydroxylation is 1. The van der Waals surface area contributed by atoms with Gasteiger partial charge < -0.3 is 5.32 Å². The van der Waals surface area contributed by atoms with Gasteiger partial charge in [-0.05, 0) is 49.2 Å². The summed E-state index contributed by atoms with van der Waals surface area (Å²) >= 11 is 5.94. The molecule has 0 atom stereocenters. The van der Waals surface area contributed by atoms with Crippen molar-refractivity contribution in [2.45, 2.75) is 13.8 Å². The SMILES string of the molecule is Cc1cccc(C(=O)Nc2ccc(C#N)c(Cl)c2)c1C. The smallest absolute Gasteiger partial charge is 0.255 e. The van der Waals surface area contributed by atoms with Crippen LogP contribution in [0.3, 0.4) is 0 Å². The lowest BCUT2D eigenvalue weighted by molar-refractivity contribution is 0.102. The molecule has 0 radical (unpaired) electrons. The minimum Gasteiger partial charge on any atom is -0.322 e. The second kappa shape index (κ2) is 5.77. The normalized spacial score (nSPS) is 9.90. The van der Waals surface area contributed by atoms with Gasteiger partial charge in [0, 0.05) is 11.3 Å². The third-order valence-corrected chi connectivity index (χ3v) is 3.51. The fraction of sp³-hybridized carbons (Fsp3) is 0.125. The number of nitrogens with one attached hydrogen (secondary N) is 1. The summed E-state index contributed by atoms with van der Waals surface area (Å²) in [6, 6.07) is 12.4. The largest absolute Gasteiger partial charge is 0.322 e. The highest BCUT2D eigenvalue weighted by molar-refractivity contribution is 6.32. The highest BCUT2D eigenvalue weighted by Gasteiger charge is 2.11. The lowest BCUT2D eigenvalue weighted by Gasteiger charge is -2.10. The Kier molecular flexibility index (Phi) is 4.07. The number of hydrogen-bond donors (Lipinski definition) is 1. The molecule has 0 unspecified atom stereocenters. The maximum Gasteiger partial charge on any atom is 0.255 e. The van der Waals surface area contributed by atoms with Crippen molar-refractivity contribution >= 4 is 23.2 Å². The Morgan fingerprint density at radius 1 is 1.25 bits per heavy atom. The molecule has 1 N–H and O–H groups in total. The van der Waals surface area contributed by atoms with Crippen LogP contribution in [-0.4, -0.2) is 5.91 Å². The molecule has 3 nitrogen and oxygen atoms in total. The van der Waals surface area contributed by atoms with Crippen LogP contribution in [0.25, 0.3) is 0 Å². The van der Waals surface area contributed by atoms with Crippen LogP contribution >= 0.6 is 11.6 Å². The van der Waals surface area contributed by atoms with Crippen LogP contribution in [0.4, 0.5) is 5.69 Å². The van der Waals surface area contributed by atoms with Crippen molar-refractivity contribution in [1.82, 2.24) is 0 Å². The molecule has 0 saturated heterocycles. The van der Waals surface area contributed by atoms with Gasteiger partial charge in [-0.25, -0.2) is 0 Å². The van der Waals surface area contributed by atoms with Gasteiger partial charge in [0.15, 0.2) is 0 Å². The van der Waals surface area contributed by atoms with Gasteiger partial charge in [-0.1, -0.05) is 23.7 Å². The van der Waals surface area contributed by atoms with Crippen LogP contribution in [0.15, 0.2) is 36.4 Å². The lowest BCUT2D eigenvalue weighted by atomic mass is 10.0. The zero-order valence-corrected chi connectivity index (χ0v) is 12.0. The Balaban J connectivity index is 2.26. The molecule has 1 amide bonds. The quantitative estimate of drug-likeness (QED) is 0.903. The van der Waals surface area contributed by atoms with E-state index in [9.17, 15) is 4.79 Å². The molecule has 0 aromatic heterocycles. The Morgan fingerprint density at radius 2 is 2.00 bits per heavy atom. The fourth-order valence-electron chi connectivity index (χ4n) is 1.88. The molecule has 0 fully saturated rings. The second-order valence-electron chi connectivity index (χ2n) is 4.51. The highest BCUT2D eigenvalue weighted by atomic mass is 35.5. The zero-order valence-electron chi connectivity index (χ0n) is 11.2. The molecular formula is C16H13ClN2O. The van der Waals surface area contributed by atoms with Crippen molar-refractivity contribution in [3.8, 4) is 6.07 Å². The van der Waals surface area contributed by atoms with E-state index in [0.717, 1.165) is 11.1 Å². The number of benzene rings is 2. The maximum atomic E-state index is 12.2. The van der Waals surface area contributed by atoms with Gasteiger partial charge in [-0.2, -0.15) is 5.26 Å². The summed E-state index contributed by atoms with van der Waals surface area (Å²) in [5.74, 6) is -0.188. The average molecular weight is 285 g/mol. The summed E-state index contributed by atoms with van der Waals surface area (Å²) in [7, 11) is 0. The monoisotopic (exact) mass is 284 g/mol. The van der Waals surface area contributed by atoms with Gasteiger partial charge in [-0.15, -0.1) is 0 Å². The molecule has 0 heterocycles. The van der Waals surface area contributed by atoms with Crippen LogP contribution in [0, 0.1) is 25.2 Å². The first-order valence-electron chi connectivity index (χ1n) is 6.10. The van der Waals surface area contributed by atoms with Gasteiger partial charge in [0.1, 0.15) is 6.07 Å². The molecular weight excluding hydrogens is 272 g/mol. The van der Waals surface area contributed by atoms with Crippen molar-refractivity contribution in [2.75, 3.05) is 5.32 Å². The van der Waals surface area contributed by atoms with Crippen LogP contribution in [0.1, 0.15) is 27.0 Å². The summed E-state index contributed by atoms with van der Waals surface area (Å²) in [4.78, 5) is 12.2. The molecule has 0 aliphatic heterocycles. The predicted molar refractivity (Wildman–Crippen MR) is 80.0 cm³/mol. The first-order valence-corrected chi connectivity index (χ1v) is 6.48. The third-order valence-electron chi connectivity index (χ3n) is 3.20. The first kappa shape index (κ1) is 14.1. The van der Waals surface area contributed by atoms with Crippen molar-refractivity contribution in [3.05, 3.63) is 63.7 Å². The number of carbonyl (C=O) groups is 1. The minimum atomic E-state index is -0.188. The van der Waals surface area contributed by atoms with Gasteiger partial charge in [0.25, 0.3) is 5.91 Å². The molecule has 0 bridgehead atoms. The summed E-state index contributed by atoms with van der Waals surface area (Å²) in [5, 5.41) is 11.9. The summed E-state index contributed by atoms with van der Waals surface area (Å²) in [5.41, 5.74) is 3.60. The Labute approximate surface area is 122 Å². The Bertz CT molecular complexity index is 717. The molecule has 20 heavy (non-hydrogen) atoms. The summed E-state index contributed by atoms with van der Waals surface area (Å²) in [6.45, 7) is 3.88. The molecule has 100 valence electrons. The molecule has 4 heteroatoms.